The normalized spacial score (nSPS) is 21.8. The maximum absolute atomic E-state index is 13.8. The predicted molar refractivity (Wildman–Crippen MR) is 133 cm³/mol. The van der Waals surface area contributed by atoms with E-state index in [-0.39, 0.29) is 18.3 Å². The Morgan fingerprint density at radius 2 is 1.91 bits per heavy atom. The minimum Gasteiger partial charge on any atom is -0.493 e. The topological polar surface area (TPSA) is 100 Å². The third-order valence-electron chi connectivity index (χ3n) is 6.37. The molecule has 1 aromatic rings. The molecule has 190 valence electrons. The molecule has 0 bridgehead atoms. The van der Waals surface area contributed by atoms with Crippen molar-refractivity contribution in [2.45, 2.75) is 33.1 Å². The fraction of sp³-hybridized carbons (Fsp3) is 0.500. The van der Waals surface area contributed by atoms with Crippen LogP contribution in [0.4, 0.5) is 0 Å². The van der Waals surface area contributed by atoms with E-state index < -0.39 is 23.8 Å². The van der Waals surface area contributed by atoms with E-state index in [0.717, 1.165) is 5.75 Å². The van der Waals surface area contributed by atoms with Gasteiger partial charge in [0.25, 0.3) is 0 Å². The molecule has 0 spiro atoms. The number of hydrogen-bond acceptors (Lipinski definition) is 9. The standard InChI is InChI=1S/C26H33NO7S/c1-7-35-12-11-34-26(30)20-15(3)27-17-13-14(2)19(25(29)33-6)23(28)22(17)21(20)16-9-8-10-18(31-4)24(16)32-5/h8-10,14,19,21,27H,7,11-13H2,1-6H3/t14-,19-,21-/m1/s1. The van der Waals surface area contributed by atoms with Gasteiger partial charge in [-0.3, -0.25) is 9.59 Å². The minimum absolute atomic E-state index is 0.248. The van der Waals surface area contributed by atoms with E-state index in [9.17, 15) is 14.4 Å². The van der Waals surface area contributed by atoms with Crippen molar-refractivity contribution in [3.05, 3.63) is 46.3 Å². The molecule has 9 heteroatoms. The van der Waals surface area contributed by atoms with Crippen molar-refractivity contribution in [3.8, 4) is 11.5 Å². The molecule has 0 fully saturated rings. The van der Waals surface area contributed by atoms with Gasteiger partial charge in [0.15, 0.2) is 17.3 Å². The van der Waals surface area contributed by atoms with Crippen molar-refractivity contribution in [1.82, 2.24) is 5.32 Å². The highest BCUT2D eigenvalue weighted by Crippen LogP contribution is 2.49. The van der Waals surface area contributed by atoms with Gasteiger partial charge in [0.05, 0.1) is 32.8 Å². The highest BCUT2D eigenvalue weighted by Gasteiger charge is 2.48. The molecule has 0 unspecified atom stereocenters. The second kappa shape index (κ2) is 11.7. The fourth-order valence-corrected chi connectivity index (χ4v) is 5.31. The number of nitrogens with one attached hydrogen (secondary N) is 1. The minimum atomic E-state index is -0.962. The number of hydrogen-bond donors (Lipinski definition) is 1. The van der Waals surface area contributed by atoms with Crippen LogP contribution in [0.15, 0.2) is 40.7 Å². The second-order valence-electron chi connectivity index (χ2n) is 8.45. The Balaban J connectivity index is 2.18. The summed E-state index contributed by atoms with van der Waals surface area (Å²) in [6, 6.07) is 5.33. The zero-order valence-electron chi connectivity index (χ0n) is 21.1. The summed E-state index contributed by atoms with van der Waals surface area (Å²) in [5.74, 6) is -1.02. The van der Waals surface area contributed by atoms with E-state index in [1.54, 1.807) is 36.9 Å². The summed E-state index contributed by atoms with van der Waals surface area (Å²) in [6.07, 6.45) is 0.455. The second-order valence-corrected chi connectivity index (χ2v) is 9.84. The first-order chi connectivity index (χ1) is 16.8. The zero-order valence-corrected chi connectivity index (χ0v) is 21.9. The summed E-state index contributed by atoms with van der Waals surface area (Å²) >= 11 is 1.67. The van der Waals surface area contributed by atoms with Crippen LogP contribution in [0, 0.1) is 11.8 Å². The van der Waals surface area contributed by atoms with Crippen molar-refractivity contribution >= 4 is 29.5 Å². The van der Waals surface area contributed by atoms with Gasteiger partial charge in [-0.15, -0.1) is 0 Å². The van der Waals surface area contributed by atoms with Crippen LogP contribution in [0.1, 0.15) is 38.7 Å². The lowest BCUT2D eigenvalue weighted by Crippen LogP contribution is -2.43. The van der Waals surface area contributed by atoms with Crippen molar-refractivity contribution in [2.75, 3.05) is 39.4 Å². The van der Waals surface area contributed by atoms with Crippen LogP contribution in [0.25, 0.3) is 0 Å². The van der Waals surface area contributed by atoms with E-state index in [1.165, 1.54) is 21.3 Å². The summed E-state index contributed by atoms with van der Waals surface area (Å²) in [7, 11) is 4.31. The molecule has 35 heavy (non-hydrogen) atoms. The van der Waals surface area contributed by atoms with Gasteiger partial charge < -0.3 is 24.3 Å². The van der Waals surface area contributed by atoms with Crippen LogP contribution in [0.5, 0.6) is 11.5 Å². The molecule has 0 radical (unpaired) electrons. The predicted octanol–water partition coefficient (Wildman–Crippen LogP) is 3.61. The molecule has 3 rings (SSSR count). The van der Waals surface area contributed by atoms with E-state index in [4.69, 9.17) is 18.9 Å². The number of para-hydroxylation sites is 1. The van der Waals surface area contributed by atoms with Gasteiger partial charge >= 0.3 is 11.9 Å². The quantitative estimate of drug-likeness (QED) is 0.308. The number of carbonyl (C=O) groups is 3. The van der Waals surface area contributed by atoms with Crippen LogP contribution in [0.3, 0.4) is 0 Å². The summed E-state index contributed by atoms with van der Waals surface area (Å²) in [6.45, 7) is 5.93. The largest absolute Gasteiger partial charge is 0.493 e. The Bertz CT molecular complexity index is 1060. The first kappa shape index (κ1) is 26.7. The lowest BCUT2D eigenvalue weighted by atomic mass is 9.69. The first-order valence-electron chi connectivity index (χ1n) is 11.6. The van der Waals surface area contributed by atoms with Gasteiger partial charge in [-0.25, -0.2) is 4.79 Å². The Kier molecular flexibility index (Phi) is 8.88. The fourth-order valence-electron chi connectivity index (χ4n) is 4.82. The number of benzene rings is 1. The molecule has 3 atom stereocenters. The lowest BCUT2D eigenvalue weighted by Gasteiger charge is -2.38. The summed E-state index contributed by atoms with van der Waals surface area (Å²) in [4.78, 5) is 39.8. The van der Waals surface area contributed by atoms with Crippen molar-refractivity contribution in [2.24, 2.45) is 11.8 Å². The summed E-state index contributed by atoms with van der Waals surface area (Å²) in [5, 5.41) is 3.26. The van der Waals surface area contributed by atoms with Gasteiger partial charge in [0, 0.05) is 28.3 Å². The van der Waals surface area contributed by atoms with Crippen LogP contribution in [0.2, 0.25) is 0 Å². The van der Waals surface area contributed by atoms with Crippen LogP contribution in [-0.4, -0.2) is 57.2 Å². The number of ketones is 1. The molecular weight excluding hydrogens is 470 g/mol. The zero-order chi connectivity index (χ0) is 25.7. The number of allylic oxidation sites excluding steroid dienone is 3. The highest BCUT2D eigenvalue weighted by atomic mass is 32.2. The molecule has 1 N–H and O–H groups in total. The van der Waals surface area contributed by atoms with Crippen LogP contribution in [-0.2, 0) is 23.9 Å². The van der Waals surface area contributed by atoms with Crippen LogP contribution >= 0.6 is 11.8 Å². The van der Waals surface area contributed by atoms with Gasteiger partial charge in [-0.05, 0) is 31.1 Å². The van der Waals surface area contributed by atoms with Gasteiger partial charge in [-0.1, -0.05) is 26.0 Å². The van der Waals surface area contributed by atoms with E-state index in [2.05, 4.69) is 5.32 Å². The van der Waals surface area contributed by atoms with Gasteiger partial charge in [0.1, 0.15) is 12.5 Å². The average Bonchev–Trinajstić information content (AvgIpc) is 2.84. The Morgan fingerprint density at radius 3 is 2.54 bits per heavy atom. The molecule has 0 saturated carbocycles. The van der Waals surface area contributed by atoms with E-state index in [1.807, 2.05) is 13.8 Å². The molecule has 1 aliphatic carbocycles. The van der Waals surface area contributed by atoms with Gasteiger partial charge in [0.2, 0.25) is 0 Å². The maximum atomic E-state index is 13.8. The third-order valence-corrected chi connectivity index (χ3v) is 7.24. The number of Topliss-reactive ketones (excluding diaryl/α,β-unsaturated/α-hetero) is 1. The Morgan fingerprint density at radius 1 is 1.17 bits per heavy atom. The number of rotatable bonds is 9. The first-order valence-corrected chi connectivity index (χ1v) is 12.7. The summed E-state index contributed by atoms with van der Waals surface area (Å²) in [5.41, 5.74) is 2.53. The monoisotopic (exact) mass is 503 g/mol. The number of esters is 2. The summed E-state index contributed by atoms with van der Waals surface area (Å²) < 4.78 is 21.7. The van der Waals surface area contributed by atoms with Crippen molar-refractivity contribution in [1.29, 1.82) is 0 Å². The molecule has 1 aromatic carbocycles. The number of dihydropyridines is 1. The molecule has 1 aliphatic heterocycles. The Labute approximate surface area is 210 Å². The molecule has 0 aromatic heterocycles. The molecule has 0 saturated heterocycles. The number of carbonyl (C=O) groups excluding carboxylic acids is 3. The number of methoxy groups -OCH3 is 3. The lowest BCUT2D eigenvalue weighted by molar-refractivity contribution is -0.151. The van der Waals surface area contributed by atoms with Crippen molar-refractivity contribution in [3.63, 3.8) is 0 Å². The van der Waals surface area contributed by atoms with Crippen molar-refractivity contribution < 1.29 is 33.3 Å². The van der Waals surface area contributed by atoms with Crippen LogP contribution < -0.4 is 14.8 Å². The smallest absolute Gasteiger partial charge is 0.336 e. The average molecular weight is 504 g/mol. The number of ether oxygens (including phenoxy) is 4. The molecule has 0 amide bonds. The van der Waals surface area contributed by atoms with Gasteiger partial charge in [-0.2, -0.15) is 11.8 Å². The maximum Gasteiger partial charge on any atom is 0.336 e. The number of thioether (sulfide) groups is 1. The van der Waals surface area contributed by atoms with E-state index >= 15 is 0 Å². The Hall–Kier alpha value is -2.94. The van der Waals surface area contributed by atoms with E-state index in [0.29, 0.717) is 51.8 Å². The molecule has 8 nitrogen and oxygen atoms in total. The molecule has 1 heterocycles. The molecule has 2 aliphatic rings. The highest BCUT2D eigenvalue weighted by molar-refractivity contribution is 7.99. The SMILES string of the molecule is CCSCCOC(=O)C1=C(C)NC2=C(C(=O)[C@H](C(=O)OC)[C@H](C)C2)[C@@H]1c1cccc(OC)c1OC. The molecular formula is C26H33NO7S. The third kappa shape index (κ3) is 5.19.